The van der Waals surface area contributed by atoms with Gasteiger partial charge in [-0.1, -0.05) is 11.6 Å². The maximum atomic E-state index is 13.5. The van der Waals surface area contributed by atoms with Crippen LogP contribution in [0.1, 0.15) is 16.1 Å². The summed E-state index contributed by atoms with van der Waals surface area (Å²) in [6, 6.07) is 5.95. The number of carbonyl (C=O) groups excluding carboxylic acids is 1. The van der Waals surface area contributed by atoms with Crippen molar-refractivity contribution in [3.63, 3.8) is 0 Å². The molecule has 9 nitrogen and oxygen atoms in total. The zero-order valence-electron chi connectivity index (χ0n) is 18.5. The minimum absolute atomic E-state index is 0.0157. The van der Waals surface area contributed by atoms with E-state index in [4.69, 9.17) is 21.1 Å². The predicted molar refractivity (Wildman–Crippen MR) is 120 cm³/mol. The van der Waals surface area contributed by atoms with Crippen LogP contribution in [0.25, 0.3) is 16.9 Å². The topological polar surface area (TPSA) is 104 Å². The monoisotopic (exact) mass is 522 g/mol. The smallest absolute Gasteiger partial charge is 0.435 e. The van der Waals surface area contributed by atoms with Crippen LogP contribution < -0.4 is 10.1 Å². The molecule has 0 spiro atoms. The van der Waals surface area contributed by atoms with Crippen LogP contribution in [0.3, 0.4) is 0 Å². The maximum Gasteiger partial charge on any atom is 0.435 e. The van der Waals surface area contributed by atoms with Crippen molar-refractivity contribution in [2.75, 3.05) is 19.5 Å². The van der Waals surface area contributed by atoms with E-state index in [9.17, 15) is 22.4 Å². The van der Waals surface area contributed by atoms with E-state index in [2.05, 4.69) is 25.4 Å². The molecular formula is C22H15ClF4N6O3. The first-order valence-electron chi connectivity index (χ1n) is 9.95. The SMILES string of the molecule is COC(=O)c1cc(-c2cnc(Nc3ccc(F)c(Cl)c3)nc2-n2ccc(C(F)(F)F)n2)cnc1OC. The number of rotatable bonds is 6. The van der Waals surface area contributed by atoms with Crippen LogP contribution >= 0.6 is 11.6 Å². The number of anilines is 2. The normalized spacial score (nSPS) is 11.3. The Kier molecular flexibility index (Phi) is 6.75. The zero-order chi connectivity index (χ0) is 26.0. The third kappa shape index (κ3) is 5.05. The molecule has 0 aliphatic carbocycles. The third-order valence-corrected chi connectivity index (χ3v) is 5.09. The van der Waals surface area contributed by atoms with Crippen molar-refractivity contribution in [1.29, 1.82) is 0 Å². The molecule has 3 heterocycles. The van der Waals surface area contributed by atoms with E-state index in [-0.39, 0.29) is 39.4 Å². The Balaban J connectivity index is 1.85. The molecule has 186 valence electrons. The number of hydrogen-bond donors (Lipinski definition) is 1. The number of nitrogens with one attached hydrogen (secondary N) is 1. The van der Waals surface area contributed by atoms with Gasteiger partial charge in [0.15, 0.2) is 11.5 Å². The lowest BCUT2D eigenvalue weighted by molar-refractivity contribution is -0.141. The van der Waals surface area contributed by atoms with Crippen molar-refractivity contribution < 1.29 is 31.8 Å². The minimum atomic E-state index is -4.69. The Labute approximate surface area is 205 Å². The Morgan fingerprint density at radius 3 is 2.53 bits per heavy atom. The standard InChI is InChI=1S/C22H15ClF4N6O3/c1-35-19-13(20(34)36-2)7-11(9-28-19)14-10-29-21(30-12-3-4-16(24)15(23)8-12)31-18(14)33-6-5-17(32-33)22(25,26)27/h3-10H,1-2H3,(H,29,30,31). The van der Waals surface area contributed by atoms with Crippen molar-refractivity contribution >= 4 is 29.2 Å². The lowest BCUT2D eigenvalue weighted by atomic mass is 10.1. The zero-order valence-corrected chi connectivity index (χ0v) is 19.2. The van der Waals surface area contributed by atoms with E-state index in [0.717, 1.165) is 23.0 Å². The van der Waals surface area contributed by atoms with Gasteiger partial charge in [-0.25, -0.2) is 23.8 Å². The fraction of sp³-hybridized carbons (Fsp3) is 0.136. The number of pyridine rings is 1. The largest absolute Gasteiger partial charge is 0.480 e. The molecule has 0 amide bonds. The summed E-state index contributed by atoms with van der Waals surface area (Å²) in [5.74, 6) is -1.51. The number of aromatic nitrogens is 5. The Hall–Kier alpha value is -4.26. The summed E-state index contributed by atoms with van der Waals surface area (Å²) in [6.45, 7) is 0. The second-order valence-electron chi connectivity index (χ2n) is 7.10. The average Bonchev–Trinajstić information content (AvgIpc) is 3.36. The molecule has 0 aliphatic heterocycles. The van der Waals surface area contributed by atoms with Gasteiger partial charge in [0.05, 0.1) is 19.2 Å². The van der Waals surface area contributed by atoms with Gasteiger partial charge in [-0.3, -0.25) is 0 Å². The van der Waals surface area contributed by atoms with Crippen molar-refractivity contribution in [3.8, 4) is 22.8 Å². The molecule has 36 heavy (non-hydrogen) atoms. The summed E-state index contributed by atoms with van der Waals surface area (Å²) >= 11 is 5.80. The molecule has 0 fully saturated rings. The number of carbonyl (C=O) groups is 1. The molecular weight excluding hydrogens is 508 g/mol. The Morgan fingerprint density at radius 2 is 1.89 bits per heavy atom. The molecule has 14 heteroatoms. The molecule has 0 atom stereocenters. The first-order valence-corrected chi connectivity index (χ1v) is 10.3. The molecule has 0 aliphatic rings. The number of esters is 1. The summed E-state index contributed by atoms with van der Waals surface area (Å²) in [5.41, 5.74) is -0.380. The first kappa shape index (κ1) is 24.9. The van der Waals surface area contributed by atoms with E-state index in [1.807, 2.05) is 0 Å². The first-order chi connectivity index (χ1) is 17.1. The fourth-order valence-corrected chi connectivity index (χ4v) is 3.31. The van der Waals surface area contributed by atoms with Gasteiger partial charge in [0.1, 0.15) is 11.4 Å². The van der Waals surface area contributed by atoms with E-state index in [1.54, 1.807) is 0 Å². The van der Waals surface area contributed by atoms with E-state index in [0.29, 0.717) is 5.69 Å². The van der Waals surface area contributed by atoms with Crippen LogP contribution in [0, 0.1) is 5.82 Å². The van der Waals surface area contributed by atoms with Crippen LogP contribution in [0.2, 0.25) is 5.02 Å². The van der Waals surface area contributed by atoms with Gasteiger partial charge in [0.25, 0.3) is 0 Å². The highest BCUT2D eigenvalue weighted by molar-refractivity contribution is 6.31. The van der Waals surface area contributed by atoms with Gasteiger partial charge in [0, 0.05) is 35.4 Å². The summed E-state index contributed by atoms with van der Waals surface area (Å²) in [6.07, 6.45) is -0.987. The van der Waals surface area contributed by atoms with Crippen molar-refractivity contribution in [2.45, 2.75) is 6.18 Å². The maximum absolute atomic E-state index is 13.5. The summed E-state index contributed by atoms with van der Waals surface area (Å²) in [4.78, 5) is 24.7. The lowest BCUT2D eigenvalue weighted by Crippen LogP contribution is -2.10. The number of benzene rings is 1. The molecule has 0 saturated heterocycles. The van der Waals surface area contributed by atoms with Gasteiger partial charge >= 0.3 is 12.1 Å². The minimum Gasteiger partial charge on any atom is -0.480 e. The lowest BCUT2D eigenvalue weighted by Gasteiger charge is -2.13. The quantitative estimate of drug-likeness (QED) is 0.276. The second kappa shape index (κ2) is 9.77. The molecule has 1 N–H and O–H groups in total. The molecule has 3 aromatic heterocycles. The summed E-state index contributed by atoms with van der Waals surface area (Å²) < 4.78 is 63.8. The van der Waals surface area contributed by atoms with Crippen LogP contribution in [0.4, 0.5) is 29.2 Å². The Morgan fingerprint density at radius 1 is 1.11 bits per heavy atom. The van der Waals surface area contributed by atoms with Gasteiger partial charge in [-0.15, -0.1) is 0 Å². The molecule has 4 rings (SSSR count). The van der Waals surface area contributed by atoms with Crippen LogP contribution in [-0.4, -0.2) is 44.9 Å². The number of methoxy groups -OCH3 is 2. The number of nitrogens with zero attached hydrogens (tertiary/aromatic N) is 5. The van der Waals surface area contributed by atoms with Crippen molar-refractivity contribution in [3.05, 3.63) is 71.0 Å². The second-order valence-corrected chi connectivity index (χ2v) is 7.51. The van der Waals surface area contributed by atoms with Gasteiger partial charge in [-0.05, 0) is 30.3 Å². The number of alkyl halides is 3. The van der Waals surface area contributed by atoms with Crippen molar-refractivity contribution in [1.82, 2.24) is 24.7 Å². The van der Waals surface area contributed by atoms with Crippen LogP contribution in [-0.2, 0) is 10.9 Å². The van der Waals surface area contributed by atoms with Gasteiger partial charge in [-0.2, -0.15) is 23.3 Å². The van der Waals surface area contributed by atoms with Crippen LogP contribution in [0.5, 0.6) is 5.88 Å². The highest BCUT2D eigenvalue weighted by Crippen LogP contribution is 2.32. The molecule has 0 saturated carbocycles. The van der Waals surface area contributed by atoms with Gasteiger partial charge < -0.3 is 14.8 Å². The van der Waals surface area contributed by atoms with E-state index < -0.39 is 23.7 Å². The van der Waals surface area contributed by atoms with Crippen molar-refractivity contribution in [2.24, 2.45) is 0 Å². The van der Waals surface area contributed by atoms with E-state index in [1.165, 1.54) is 44.8 Å². The molecule has 1 aromatic carbocycles. The Bertz CT molecular complexity index is 1440. The van der Waals surface area contributed by atoms with Gasteiger partial charge in [0.2, 0.25) is 11.8 Å². The number of halogens is 5. The third-order valence-electron chi connectivity index (χ3n) is 4.80. The number of hydrogen-bond acceptors (Lipinski definition) is 8. The number of ether oxygens (including phenoxy) is 2. The summed E-state index contributed by atoms with van der Waals surface area (Å²) in [5, 5.41) is 6.24. The average molecular weight is 523 g/mol. The molecule has 0 unspecified atom stereocenters. The highest BCUT2D eigenvalue weighted by Gasteiger charge is 2.34. The van der Waals surface area contributed by atoms with Crippen LogP contribution in [0.15, 0.2) is 48.9 Å². The molecule has 0 bridgehead atoms. The molecule has 4 aromatic rings. The molecule has 0 radical (unpaired) electrons. The fourth-order valence-electron chi connectivity index (χ4n) is 3.13. The summed E-state index contributed by atoms with van der Waals surface area (Å²) in [7, 11) is 2.49. The highest BCUT2D eigenvalue weighted by atomic mass is 35.5. The predicted octanol–water partition coefficient (Wildman–Crippen LogP) is 5.07. The van der Waals surface area contributed by atoms with E-state index >= 15 is 0 Å².